The number of aliphatic hydroxyl groups excluding tert-OH is 2. The third-order valence-corrected chi connectivity index (χ3v) is 6.19. The Bertz CT molecular complexity index is 1110. The molecule has 6 heteroatoms. The number of nitrogens with one attached hydrogen (secondary N) is 1. The molecule has 2 unspecified atom stereocenters. The van der Waals surface area contributed by atoms with Crippen molar-refractivity contribution < 1.29 is 24.5 Å². The van der Waals surface area contributed by atoms with E-state index < -0.39 is 18.3 Å². The molecule has 0 saturated heterocycles. The molecule has 4 rings (SSSR count). The molecule has 34 heavy (non-hydrogen) atoms. The Morgan fingerprint density at radius 3 is 2.09 bits per heavy atom. The molecule has 0 heterocycles. The lowest BCUT2D eigenvalue weighted by Crippen LogP contribution is -2.30. The molecule has 3 aromatic carbocycles. The monoisotopic (exact) mass is 459 g/mol. The lowest BCUT2D eigenvalue weighted by molar-refractivity contribution is -0.116. The maximum absolute atomic E-state index is 12.3. The van der Waals surface area contributed by atoms with Gasteiger partial charge in [-0.3, -0.25) is 4.79 Å². The van der Waals surface area contributed by atoms with Crippen molar-refractivity contribution in [1.82, 2.24) is 5.32 Å². The van der Waals surface area contributed by atoms with Gasteiger partial charge in [-0.05, 0) is 46.7 Å². The summed E-state index contributed by atoms with van der Waals surface area (Å²) in [6, 6.07) is 23.2. The molecular formula is C28H29NO5. The van der Waals surface area contributed by atoms with E-state index in [0.717, 1.165) is 16.7 Å². The van der Waals surface area contributed by atoms with Gasteiger partial charge in [0, 0.05) is 18.9 Å². The van der Waals surface area contributed by atoms with Crippen molar-refractivity contribution in [2.24, 2.45) is 0 Å². The zero-order chi connectivity index (χ0) is 24.1. The van der Waals surface area contributed by atoms with Gasteiger partial charge >= 0.3 is 6.09 Å². The van der Waals surface area contributed by atoms with Crippen molar-refractivity contribution >= 4 is 11.9 Å². The summed E-state index contributed by atoms with van der Waals surface area (Å²) in [5.41, 5.74) is 6.03. The molecule has 1 amide bonds. The largest absolute Gasteiger partial charge is 0.449 e. The molecule has 3 aromatic rings. The lowest BCUT2D eigenvalue weighted by Gasteiger charge is -2.19. The molecule has 0 bridgehead atoms. The number of Topliss-reactive ketones (excluding diaryl/α,β-unsaturated/α-hetero) is 1. The molecule has 0 radical (unpaired) electrons. The normalized spacial score (nSPS) is 14.1. The number of hydrogen-bond donors (Lipinski definition) is 3. The number of carbonyl (C=O) groups excluding carboxylic acids is 2. The Balaban J connectivity index is 1.25. The van der Waals surface area contributed by atoms with Crippen molar-refractivity contribution in [3.8, 4) is 11.1 Å². The Labute approximate surface area is 199 Å². The molecule has 3 N–H and O–H groups in total. The second kappa shape index (κ2) is 10.6. The van der Waals surface area contributed by atoms with Gasteiger partial charge in [0.15, 0.2) is 0 Å². The Kier molecular flexibility index (Phi) is 7.40. The van der Waals surface area contributed by atoms with Crippen molar-refractivity contribution in [2.45, 2.75) is 37.9 Å². The van der Waals surface area contributed by atoms with E-state index >= 15 is 0 Å². The topological polar surface area (TPSA) is 95.9 Å². The number of hydrogen-bond acceptors (Lipinski definition) is 5. The molecule has 0 aromatic heterocycles. The molecule has 6 nitrogen and oxygen atoms in total. The van der Waals surface area contributed by atoms with Crippen LogP contribution in [-0.4, -0.2) is 41.3 Å². The number of alkyl carbamates (subject to hydrolysis) is 1. The van der Waals surface area contributed by atoms with Crippen molar-refractivity contribution in [3.05, 3.63) is 95.1 Å². The average molecular weight is 460 g/mol. The summed E-state index contributed by atoms with van der Waals surface area (Å²) in [7, 11) is 0. The van der Waals surface area contributed by atoms with Crippen LogP contribution in [0.4, 0.5) is 4.79 Å². The summed E-state index contributed by atoms with van der Waals surface area (Å²) in [5, 5.41) is 23.4. The third kappa shape index (κ3) is 5.35. The first-order valence-corrected chi connectivity index (χ1v) is 11.5. The molecule has 1 aliphatic rings. The van der Waals surface area contributed by atoms with Gasteiger partial charge in [-0.25, -0.2) is 4.79 Å². The van der Waals surface area contributed by atoms with Crippen molar-refractivity contribution in [3.63, 3.8) is 0 Å². The fraction of sp³-hybridized carbons (Fsp3) is 0.286. The number of amides is 1. The van der Waals surface area contributed by atoms with Crippen LogP contribution in [0.25, 0.3) is 11.1 Å². The summed E-state index contributed by atoms with van der Waals surface area (Å²) < 4.78 is 5.49. The number of aliphatic hydroxyl groups is 2. The smallest absolute Gasteiger partial charge is 0.407 e. The Morgan fingerprint density at radius 1 is 0.912 bits per heavy atom. The molecule has 176 valence electrons. The minimum Gasteiger partial charge on any atom is -0.449 e. The van der Waals surface area contributed by atoms with E-state index in [1.54, 1.807) is 24.3 Å². The minimum absolute atomic E-state index is 0.0171. The summed E-state index contributed by atoms with van der Waals surface area (Å²) in [5.74, 6) is 0.0455. The molecule has 2 atom stereocenters. The molecule has 1 aliphatic carbocycles. The zero-order valence-corrected chi connectivity index (χ0v) is 19.1. The van der Waals surface area contributed by atoms with E-state index in [-0.39, 0.29) is 31.3 Å². The van der Waals surface area contributed by atoms with E-state index in [1.165, 1.54) is 18.1 Å². The van der Waals surface area contributed by atoms with Crippen molar-refractivity contribution in [1.29, 1.82) is 0 Å². The number of carbonyl (C=O) groups is 2. The van der Waals surface area contributed by atoms with Crippen LogP contribution < -0.4 is 5.32 Å². The van der Waals surface area contributed by atoms with Gasteiger partial charge in [0.05, 0.1) is 6.10 Å². The standard InChI is InChI=1S/C28H29NO5/c1-18(30)16-19-10-12-20(13-11-19)27(32)26(31)14-15-29-28(33)34-17-25-23-8-4-2-6-21(23)22-7-3-5-9-24(22)25/h2-13,25-27,31-32H,14-17H2,1H3,(H,29,33). The molecule has 0 aliphatic heterocycles. The average Bonchev–Trinajstić information content (AvgIpc) is 3.16. The highest BCUT2D eigenvalue weighted by Crippen LogP contribution is 2.44. The van der Waals surface area contributed by atoms with Gasteiger partial charge in [-0.1, -0.05) is 72.8 Å². The number of rotatable bonds is 9. The van der Waals surface area contributed by atoms with Gasteiger partial charge in [0.25, 0.3) is 0 Å². The van der Waals surface area contributed by atoms with Crippen LogP contribution in [0.15, 0.2) is 72.8 Å². The maximum Gasteiger partial charge on any atom is 0.407 e. The SMILES string of the molecule is CC(=O)Cc1ccc(C(O)C(O)CCNC(=O)OCC2c3ccccc3-c3ccccc32)cc1. The summed E-state index contributed by atoms with van der Waals surface area (Å²) in [4.78, 5) is 23.5. The van der Waals surface area contributed by atoms with Gasteiger partial charge in [-0.2, -0.15) is 0 Å². The van der Waals surface area contributed by atoms with Crippen LogP contribution in [0.5, 0.6) is 0 Å². The summed E-state index contributed by atoms with van der Waals surface area (Å²) >= 11 is 0. The molecule has 0 spiro atoms. The van der Waals surface area contributed by atoms with E-state index in [9.17, 15) is 19.8 Å². The van der Waals surface area contributed by atoms with Gasteiger partial charge in [0.1, 0.15) is 18.5 Å². The van der Waals surface area contributed by atoms with E-state index in [2.05, 4.69) is 29.6 Å². The Morgan fingerprint density at radius 2 is 1.50 bits per heavy atom. The molecule has 0 fully saturated rings. The van der Waals surface area contributed by atoms with Crippen LogP contribution in [0.1, 0.15) is 47.6 Å². The van der Waals surface area contributed by atoms with Gasteiger partial charge in [0.2, 0.25) is 0 Å². The second-order valence-electron chi connectivity index (χ2n) is 8.67. The Hall–Kier alpha value is -3.48. The van der Waals surface area contributed by atoms with Crippen LogP contribution in [0, 0.1) is 0 Å². The fourth-order valence-corrected chi connectivity index (χ4v) is 4.47. The number of fused-ring (bicyclic) bond motifs is 3. The van der Waals surface area contributed by atoms with E-state index in [4.69, 9.17) is 4.74 Å². The van der Waals surface area contributed by atoms with Crippen LogP contribution in [0.2, 0.25) is 0 Å². The highest BCUT2D eigenvalue weighted by Gasteiger charge is 2.29. The minimum atomic E-state index is -1.09. The number of benzene rings is 3. The quantitative estimate of drug-likeness (QED) is 0.447. The van der Waals surface area contributed by atoms with Crippen LogP contribution >= 0.6 is 0 Å². The first-order chi connectivity index (χ1) is 16.4. The fourth-order valence-electron chi connectivity index (χ4n) is 4.47. The van der Waals surface area contributed by atoms with Gasteiger partial charge < -0.3 is 20.3 Å². The summed E-state index contributed by atoms with van der Waals surface area (Å²) in [6.45, 7) is 1.91. The van der Waals surface area contributed by atoms with E-state index in [1.807, 2.05) is 24.3 Å². The van der Waals surface area contributed by atoms with Crippen LogP contribution in [0.3, 0.4) is 0 Å². The van der Waals surface area contributed by atoms with Crippen molar-refractivity contribution in [2.75, 3.05) is 13.2 Å². The first kappa shape index (κ1) is 23.7. The molecular weight excluding hydrogens is 430 g/mol. The first-order valence-electron chi connectivity index (χ1n) is 11.5. The zero-order valence-electron chi connectivity index (χ0n) is 19.1. The maximum atomic E-state index is 12.3. The predicted octanol–water partition coefficient (Wildman–Crippen LogP) is 4.14. The van der Waals surface area contributed by atoms with Crippen LogP contribution in [-0.2, 0) is 16.0 Å². The van der Waals surface area contributed by atoms with E-state index in [0.29, 0.717) is 12.0 Å². The van der Waals surface area contributed by atoms with Gasteiger partial charge in [-0.15, -0.1) is 0 Å². The highest BCUT2D eigenvalue weighted by molar-refractivity contribution is 5.79. The third-order valence-electron chi connectivity index (χ3n) is 6.19. The molecule has 0 saturated carbocycles. The number of ether oxygens (including phenoxy) is 1. The summed E-state index contributed by atoms with van der Waals surface area (Å²) in [6.07, 6.45) is -2.19. The highest BCUT2D eigenvalue weighted by atomic mass is 16.5. The number of ketones is 1. The predicted molar refractivity (Wildman–Crippen MR) is 129 cm³/mol. The lowest BCUT2D eigenvalue weighted by atomic mass is 9.98. The second-order valence-corrected chi connectivity index (χ2v) is 8.67.